The summed E-state index contributed by atoms with van der Waals surface area (Å²) < 4.78 is 0. The van der Waals surface area contributed by atoms with E-state index in [4.69, 9.17) is 4.98 Å². The van der Waals surface area contributed by atoms with Gasteiger partial charge < -0.3 is 10.2 Å². The predicted molar refractivity (Wildman–Crippen MR) is 82.4 cm³/mol. The van der Waals surface area contributed by atoms with E-state index in [9.17, 15) is 4.79 Å². The molecule has 0 radical (unpaired) electrons. The molecule has 1 amide bonds. The van der Waals surface area contributed by atoms with Crippen molar-refractivity contribution in [3.63, 3.8) is 0 Å². The van der Waals surface area contributed by atoms with Crippen molar-refractivity contribution in [1.29, 1.82) is 0 Å². The second-order valence-electron chi connectivity index (χ2n) is 6.68. The second-order valence-corrected chi connectivity index (χ2v) is 6.68. The molecule has 2 fully saturated rings. The van der Waals surface area contributed by atoms with Crippen molar-refractivity contribution in [2.24, 2.45) is 0 Å². The van der Waals surface area contributed by atoms with E-state index in [1.54, 1.807) is 0 Å². The number of hydrogen-bond donors (Lipinski definition) is 1. The number of carbonyl (C=O) groups excluding carboxylic acids is 1. The molecule has 1 atom stereocenters. The molecule has 1 N–H and O–H groups in total. The Morgan fingerprint density at radius 1 is 1.36 bits per heavy atom. The number of nitrogens with one attached hydrogen (secondary N) is 1. The molecule has 1 aromatic rings. The van der Waals surface area contributed by atoms with Crippen LogP contribution in [-0.4, -0.2) is 64.9 Å². The highest BCUT2D eigenvalue weighted by atomic mass is 16.2. The summed E-state index contributed by atoms with van der Waals surface area (Å²) in [4.78, 5) is 26.1. The van der Waals surface area contributed by atoms with Gasteiger partial charge in [-0.25, -0.2) is 9.97 Å². The Labute approximate surface area is 130 Å². The van der Waals surface area contributed by atoms with Gasteiger partial charge in [-0.15, -0.1) is 0 Å². The molecule has 0 spiro atoms. The Bertz CT molecular complexity index is 586. The van der Waals surface area contributed by atoms with Gasteiger partial charge in [0.15, 0.2) is 0 Å². The number of fused-ring (bicyclic) bond motifs is 1. The lowest BCUT2D eigenvalue weighted by Crippen LogP contribution is -2.57. The SMILES string of the molecule is CN1CCNCC1C(=O)N1CCc2nc(C3CC3)ncc2C1. The molecule has 1 unspecified atom stereocenters. The van der Waals surface area contributed by atoms with Crippen LogP contribution in [-0.2, 0) is 17.8 Å². The van der Waals surface area contributed by atoms with Crippen LogP contribution in [0.15, 0.2) is 6.20 Å². The first kappa shape index (κ1) is 14.1. The van der Waals surface area contributed by atoms with E-state index in [1.807, 2.05) is 18.1 Å². The molecule has 6 heteroatoms. The lowest BCUT2D eigenvalue weighted by atomic mass is 10.0. The molecule has 1 aromatic heterocycles. The van der Waals surface area contributed by atoms with E-state index < -0.39 is 0 Å². The number of carbonyl (C=O) groups is 1. The van der Waals surface area contributed by atoms with E-state index in [0.29, 0.717) is 12.5 Å². The first-order chi connectivity index (χ1) is 10.7. The third kappa shape index (κ3) is 2.61. The number of hydrogen-bond acceptors (Lipinski definition) is 5. The van der Waals surface area contributed by atoms with Gasteiger partial charge in [-0.1, -0.05) is 0 Å². The highest BCUT2D eigenvalue weighted by Crippen LogP contribution is 2.38. The Morgan fingerprint density at radius 3 is 3.00 bits per heavy atom. The van der Waals surface area contributed by atoms with Gasteiger partial charge in [0.1, 0.15) is 11.9 Å². The zero-order valence-electron chi connectivity index (χ0n) is 13.1. The molecule has 3 heterocycles. The van der Waals surface area contributed by atoms with Crippen LogP contribution >= 0.6 is 0 Å². The fourth-order valence-corrected chi connectivity index (χ4v) is 3.35. The van der Waals surface area contributed by atoms with Gasteiger partial charge in [-0.3, -0.25) is 9.69 Å². The van der Waals surface area contributed by atoms with Crippen LogP contribution in [0.3, 0.4) is 0 Å². The number of aromatic nitrogens is 2. The first-order valence-corrected chi connectivity index (χ1v) is 8.27. The van der Waals surface area contributed by atoms with Crippen molar-refractivity contribution in [3.05, 3.63) is 23.3 Å². The summed E-state index contributed by atoms with van der Waals surface area (Å²) in [6.07, 6.45) is 5.25. The molecule has 22 heavy (non-hydrogen) atoms. The highest BCUT2D eigenvalue weighted by Gasteiger charge is 2.33. The summed E-state index contributed by atoms with van der Waals surface area (Å²) in [6.45, 7) is 4.06. The summed E-state index contributed by atoms with van der Waals surface area (Å²) in [5.74, 6) is 1.83. The minimum absolute atomic E-state index is 0.0399. The van der Waals surface area contributed by atoms with Crippen molar-refractivity contribution in [3.8, 4) is 0 Å². The molecule has 4 rings (SSSR count). The third-order valence-electron chi connectivity index (χ3n) is 5.00. The maximum Gasteiger partial charge on any atom is 0.241 e. The van der Waals surface area contributed by atoms with E-state index >= 15 is 0 Å². The smallest absolute Gasteiger partial charge is 0.241 e. The molecular weight excluding hydrogens is 278 g/mol. The van der Waals surface area contributed by atoms with Crippen molar-refractivity contribution in [2.45, 2.75) is 37.8 Å². The molecule has 2 aliphatic heterocycles. The van der Waals surface area contributed by atoms with Gasteiger partial charge in [-0.2, -0.15) is 0 Å². The second kappa shape index (κ2) is 5.59. The monoisotopic (exact) mass is 301 g/mol. The maximum atomic E-state index is 12.8. The van der Waals surface area contributed by atoms with E-state index in [1.165, 1.54) is 12.8 Å². The normalized spacial score (nSPS) is 25.9. The summed E-state index contributed by atoms with van der Waals surface area (Å²) >= 11 is 0. The largest absolute Gasteiger partial charge is 0.336 e. The van der Waals surface area contributed by atoms with Crippen LogP contribution in [0.5, 0.6) is 0 Å². The zero-order valence-corrected chi connectivity index (χ0v) is 13.1. The Balaban J connectivity index is 1.48. The van der Waals surface area contributed by atoms with Crippen molar-refractivity contribution in [1.82, 2.24) is 25.1 Å². The van der Waals surface area contributed by atoms with Gasteiger partial charge in [0, 0.05) is 56.8 Å². The molecule has 6 nitrogen and oxygen atoms in total. The Morgan fingerprint density at radius 2 is 2.23 bits per heavy atom. The fraction of sp³-hybridized carbons (Fsp3) is 0.688. The number of amides is 1. The summed E-state index contributed by atoms with van der Waals surface area (Å²) in [6, 6.07) is -0.0399. The summed E-state index contributed by atoms with van der Waals surface area (Å²) in [7, 11) is 2.03. The quantitative estimate of drug-likeness (QED) is 0.842. The summed E-state index contributed by atoms with van der Waals surface area (Å²) in [5.41, 5.74) is 2.27. The van der Waals surface area contributed by atoms with Crippen LogP contribution < -0.4 is 5.32 Å². The number of likely N-dealkylation sites (N-methyl/N-ethyl adjacent to an activating group) is 1. The standard InChI is InChI=1S/C16H23N5O/c1-20-7-5-17-9-14(20)16(22)21-6-4-13-12(10-21)8-18-15(19-13)11-2-3-11/h8,11,14,17H,2-7,9-10H2,1H3. The highest BCUT2D eigenvalue weighted by molar-refractivity contribution is 5.82. The van der Waals surface area contributed by atoms with Gasteiger partial charge >= 0.3 is 0 Å². The van der Waals surface area contributed by atoms with Gasteiger partial charge in [0.2, 0.25) is 5.91 Å². The lowest BCUT2D eigenvalue weighted by molar-refractivity contribution is -0.138. The molecule has 0 bridgehead atoms. The van der Waals surface area contributed by atoms with E-state index in [0.717, 1.165) is 49.7 Å². The van der Waals surface area contributed by atoms with Crippen LogP contribution in [0.4, 0.5) is 0 Å². The summed E-state index contributed by atoms with van der Waals surface area (Å²) in [5, 5.41) is 3.32. The molecule has 118 valence electrons. The Hall–Kier alpha value is -1.53. The Kier molecular flexibility index (Phi) is 3.58. The molecule has 1 aliphatic carbocycles. The molecule has 3 aliphatic rings. The van der Waals surface area contributed by atoms with Crippen LogP contribution in [0.2, 0.25) is 0 Å². The van der Waals surface area contributed by atoms with Crippen LogP contribution in [0.25, 0.3) is 0 Å². The first-order valence-electron chi connectivity index (χ1n) is 8.27. The topological polar surface area (TPSA) is 61.4 Å². The van der Waals surface area contributed by atoms with Crippen molar-refractivity contribution >= 4 is 5.91 Å². The minimum atomic E-state index is -0.0399. The number of nitrogens with zero attached hydrogens (tertiary/aromatic N) is 4. The zero-order chi connectivity index (χ0) is 15.1. The lowest BCUT2D eigenvalue weighted by Gasteiger charge is -2.37. The van der Waals surface area contributed by atoms with E-state index in [-0.39, 0.29) is 11.9 Å². The van der Waals surface area contributed by atoms with Crippen LogP contribution in [0.1, 0.15) is 35.8 Å². The minimum Gasteiger partial charge on any atom is -0.336 e. The predicted octanol–water partition coefficient (Wildman–Crippen LogP) is 0.142. The average molecular weight is 301 g/mol. The van der Waals surface area contributed by atoms with Crippen molar-refractivity contribution < 1.29 is 4.79 Å². The van der Waals surface area contributed by atoms with Crippen molar-refractivity contribution in [2.75, 3.05) is 33.2 Å². The van der Waals surface area contributed by atoms with Crippen LogP contribution in [0, 0.1) is 0 Å². The van der Waals surface area contributed by atoms with E-state index in [2.05, 4.69) is 15.2 Å². The van der Waals surface area contributed by atoms with Gasteiger partial charge in [0.05, 0.1) is 5.69 Å². The molecule has 1 saturated heterocycles. The maximum absolute atomic E-state index is 12.8. The van der Waals surface area contributed by atoms with Gasteiger partial charge in [0.25, 0.3) is 0 Å². The third-order valence-corrected chi connectivity index (χ3v) is 5.00. The average Bonchev–Trinajstić information content (AvgIpc) is 3.38. The molecule has 0 aromatic carbocycles. The fourth-order valence-electron chi connectivity index (χ4n) is 3.35. The van der Waals surface area contributed by atoms with Gasteiger partial charge in [-0.05, 0) is 19.9 Å². The molecule has 1 saturated carbocycles. The number of rotatable bonds is 2. The molecular formula is C16H23N5O. The number of piperazine rings is 1.